The maximum atomic E-state index is 12.4. The predicted octanol–water partition coefficient (Wildman–Crippen LogP) is 4.59. The van der Waals surface area contributed by atoms with Gasteiger partial charge in [0.25, 0.3) is 0 Å². The van der Waals surface area contributed by atoms with Crippen molar-refractivity contribution in [3.8, 4) is 11.8 Å². The van der Waals surface area contributed by atoms with Crippen molar-refractivity contribution in [3.05, 3.63) is 27.9 Å². The first kappa shape index (κ1) is 18.3. The summed E-state index contributed by atoms with van der Waals surface area (Å²) >= 11 is 3.49. The molecule has 2 rings (SSSR count). The average Bonchev–Trinajstić information content (AvgIpc) is 2.82. The number of carbonyl (C=O) groups excluding carboxylic acids is 1. The lowest BCUT2D eigenvalue weighted by atomic mass is 10.1. The molecule has 0 aliphatic rings. The number of aryl methyl sites for hydroxylation is 1. The van der Waals surface area contributed by atoms with Crippen LogP contribution in [0.5, 0.6) is 5.75 Å². The summed E-state index contributed by atoms with van der Waals surface area (Å²) in [5.41, 5.74) is 2.42. The number of ether oxygens (including phenoxy) is 2. The van der Waals surface area contributed by atoms with Gasteiger partial charge in [0.2, 0.25) is 0 Å². The number of rotatable bonds is 7. The van der Waals surface area contributed by atoms with Crippen molar-refractivity contribution < 1.29 is 14.3 Å². The number of hydrogen-bond donors (Lipinski definition) is 0. The molecule has 0 spiro atoms. The van der Waals surface area contributed by atoms with Crippen LogP contribution in [0.15, 0.2) is 16.6 Å². The number of fused-ring (bicyclic) bond motifs is 1. The summed E-state index contributed by atoms with van der Waals surface area (Å²) in [6.45, 7) is 6.98. The van der Waals surface area contributed by atoms with Crippen LogP contribution in [0.1, 0.15) is 42.7 Å². The van der Waals surface area contributed by atoms with Crippen LogP contribution in [0.3, 0.4) is 0 Å². The minimum atomic E-state index is -0.330. The average molecular weight is 393 g/mol. The second-order valence-corrected chi connectivity index (χ2v) is 6.29. The smallest absolute Gasteiger partial charge is 0.340 e. The van der Waals surface area contributed by atoms with E-state index in [0.29, 0.717) is 17.9 Å². The molecule has 0 bridgehead atoms. The van der Waals surface area contributed by atoms with Gasteiger partial charge in [0.05, 0.1) is 22.2 Å². The standard InChI is InChI=1S/C18H21BrN2O3/c1-4-6-8-21-12(3)17(18(22)23-5-2)13-10-16(24-9-7-20)14(19)11-15(13)21/h10-11H,4-6,8-9H2,1-3H3. The van der Waals surface area contributed by atoms with Gasteiger partial charge in [-0.3, -0.25) is 0 Å². The molecule has 0 fully saturated rings. The van der Waals surface area contributed by atoms with Gasteiger partial charge in [0.1, 0.15) is 11.8 Å². The molecule has 0 saturated carbocycles. The van der Waals surface area contributed by atoms with Crippen LogP contribution in [0.4, 0.5) is 0 Å². The van der Waals surface area contributed by atoms with E-state index in [0.717, 1.165) is 40.5 Å². The molecule has 0 aliphatic carbocycles. The van der Waals surface area contributed by atoms with E-state index < -0.39 is 0 Å². The zero-order valence-corrected chi connectivity index (χ0v) is 15.8. The normalized spacial score (nSPS) is 10.6. The van der Waals surface area contributed by atoms with Crippen molar-refractivity contribution in [2.75, 3.05) is 13.2 Å². The number of esters is 1. The maximum absolute atomic E-state index is 12.4. The molecule has 0 saturated heterocycles. The van der Waals surface area contributed by atoms with E-state index in [4.69, 9.17) is 14.7 Å². The minimum Gasteiger partial charge on any atom is -0.478 e. The quantitative estimate of drug-likeness (QED) is 0.646. The predicted molar refractivity (Wildman–Crippen MR) is 96.3 cm³/mol. The summed E-state index contributed by atoms with van der Waals surface area (Å²) in [5.74, 6) is 0.214. The summed E-state index contributed by atoms with van der Waals surface area (Å²) in [6.07, 6.45) is 2.09. The summed E-state index contributed by atoms with van der Waals surface area (Å²) in [6, 6.07) is 5.70. The molecule has 6 heteroatoms. The first-order valence-electron chi connectivity index (χ1n) is 8.04. The van der Waals surface area contributed by atoms with Crippen molar-refractivity contribution >= 4 is 32.8 Å². The van der Waals surface area contributed by atoms with Crippen LogP contribution in [-0.4, -0.2) is 23.8 Å². The fraction of sp³-hybridized carbons (Fsp3) is 0.444. The summed E-state index contributed by atoms with van der Waals surface area (Å²) in [4.78, 5) is 12.4. The van der Waals surface area contributed by atoms with E-state index in [2.05, 4.69) is 27.4 Å². The molecule has 0 amide bonds. The van der Waals surface area contributed by atoms with Crippen LogP contribution in [0, 0.1) is 18.3 Å². The summed E-state index contributed by atoms with van der Waals surface area (Å²) < 4.78 is 13.6. The van der Waals surface area contributed by atoms with Crippen LogP contribution >= 0.6 is 15.9 Å². The monoisotopic (exact) mass is 392 g/mol. The molecule has 0 atom stereocenters. The fourth-order valence-electron chi connectivity index (χ4n) is 2.76. The topological polar surface area (TPSA) is 64.2 Å². The summed E-state index contributed by atoms with van der Waals surface area (Å²) in [5, 5.41) is 9.51. The Bertz CT molecular complexity index is 790. The lowest BCUT2D eigenvalue weighted by Crippen LogP contribution is -2.07. The van der Waals surface area contributed by atoms with E-state index in [9.17, 15) is 4.79 Å². The molecule has 128 valence electrons. The number of carbonyl (C=O) groups is 1. The molecule has 2 aromatic rings. The lowest BCUT2D eigenvalue weighted by molar-refractivity contribution is 0.0527. The Morgan fingerprint density at radius 1 is 1.38 bits per heavy atom. The van der Waals surface area contributed by atoms with Crippen molar-refractivity contribution in [1.82, 2.24) is 4.57 Å². The van der Waals surface area contributed by atoms with Gasteiger partial charge in [-0.05, 0) is 48.3 Å². The van der Waals surface area contributed by atoms with E-state index in [1.54, 1.807) is 13.0 Å². The second-order valence-electron chi connectivity index (χ2n) is 5.43. The highest BCUT2D eigenvalue weighted by atomic mass is 79.9. The third-order valence-electron chi connectivity index (χ3n) is 3.88. The zero-order valence-electron chi connectivity index (χ0n) is 14.2. The Morgan fingerprint density at radius 2 is 2.12 bits per heavy atom. The lowest BCUT2D eigenvalue weighted by Gasteiger charge is -2.09. The first-order valence-corrected chi connectivity index (χ1v) is 8.83. The number of unbranched alkanes of at least 4 members (excludes halogenated alkanes) is 1. The molecule has 1 heterocycles. The van der Waals surface area contributed by atoms with Gasteiger partial charge in [0.15, 0.2) is 6.61 Å². The Balaban J connectivity index is 2.65. The molecule has 1 aromatic heterocycles. The SMILES string of the molecule is CCCCn1c(C)c(C(=O)OCC)c2cc(OCC#N)c(Br)cc21. The number of aromatic nitrogens is 1. The number of halogens is 1. The van der Waals surface area contributed by atoms with E-state index in [1.807, 2.05) is 19.1 Å². The van der Waals surface area contributed by atoms with Crippen LogP contribution in [0.25, 0.3) is 10.9 Å². The molecule has 0 radical (unpaired) electrons. The Morgan fingerprint density at radius 3 is 2.75 bits per heavy atom. The van der Waals surface area contributed by atoms with Crippen molar-refractivity contribution in [3.63, 3.8) is 0 Å². The molecule has 0 unspecified atom stereocenters. The molecular weight excluding hydrogens is 372 g/mol. The number of nitrogens with zero attached hydrogens (tertiary/aromatic N) is 2. The molecule has 5 nitrogen and oxygen atoms in total. The van der Waals surface area contributed by atoms with Gasteiger partial charge in [-0.2, -0.15) is 5.26 Å². The molecule has 1 aromatic carbocycles. The maximum Gasteiger partial charge on any atom is 0.340 e. The van der Waals surface area contributed by atoms with Crippen molar-refractivity contribution in [2.45, 2.75) is 40.2 Å². The van der Waals surface area contributed by atoms with Gasteiger partial charge >= 0.3 is 5.97 Å². The number of nitriles is 1. The van der Waals surface area contributed by atoms with E-state index in [1.165, 1.54) is 0 Å². The highest BCUT2D eigenvalue weighted by molar-refractivity contribution is 9.10. The fourth-order valence-corrected chi connectivity index (χ4v) is 3.21. The number of hydrogen-bond acceptors (Lipinski definition) is 4. The van der Waals surface area contributed by atoms with Crippen molar-refractivity contribution in [1.29, 1.82) is 5.26 Å². The Hall–Kier alpha value is -2.00. The third-order valence-corrected chi connectivity index (χ3v) is 4.50. The minimum absolute atomic E-state index is 0.0473. The van der Waals surface area contributed by atoms with Crippen LogP contribution in [0.2, 0.25) is 0 Å². The summed E-state index contributed by atoms with van der Waals surface area (Å²) in [7, 11) is 0. The van der Waals surface area contributed by atoms with Crippen LogP contribution in [-0.2, 0) is 11.3 Å². The second kappa shape index (κ2) is 8.20. The molecule has 24 heavy (non-hydrogen) atoms. The Labute approximate surface area is 150 Å². The van der Waals surface area contributed by atoms with Gasteiger partial charge in [-0.15, -0.1) is 0 Å². The van der Waals surface area contributed by atoms with E-state index >= 15 is 0 Å². The van der Waals surface area contributed by atoms with Gasteiger partial charge in [-0.1, -0.05) is 13.3 Å². The number of benzene rings is 1. The highest BCUT2D eigenvalue weighted by Crippen LogP contribution is 2.35. The van der Waals surface area contributed by atoms with E-state index in [-0.39, 0.29) is 12.6 Å². The Kier molecular flexibility index (Phi) is 6.27. The first-order chi connectivity index (χ1) is 11.5. The van der Waals surface area contributed by atoms with Crippen molar-refractivity contribution in [2.24, 2.45) is 0 Å². The molecule has 0 N–H and O–H groups in total. The highest BCUT2D eigenvalue weighted by Gasteiger charge is 2.22. The largest absolute Gasteiger partial charge is 0.478 e. The molecular formula is C18H21BrN2O3. The molecule has 0 aliphatic heterocycles. The third kappa shape index (κ3) is 3.57. The zero-order chi connectivity index (χ0) is 17.7. The van der Waals surface area contributed by atoms with Crippen LogP contribution < -0.4 is 4.74 Å². The van der Waals surface area contributed by atoms with Gasteiger partial charge in [0, 0.05) is 17.6 Å². The van der Waals surface area contributed by atoms with Gasteiger partial charge in [-0.25, -0.2) is 4.79 Å². The van der Waals surface area contributed by atoms with Gasteiger partial charge < -0.3 is 14.0 Å².